The largest absolute Gasteiger partial charge is 0.383 e. The number of rotatable bonds is 6. The number of benzene rings is 1. The van der Waals surface area contributed by atoms with E-state index in [0.717, 1.165) is 0 Å². The first kappa shape index (κ1) is 16.1. The molecule has 0 aliphatic carbocycles. The summed E-state index contributed by atoms with van der Waals surface area (Å²) in [5.41, 5.74) is 5.53. The van der Waals surface area contributed by atoms with Gasteiger partial charge in [0.25, 0.3) is 5.91 Å². The first-order chi connectivity index (χ1) is 9.36. The zero-order chi connectivity index (χ0) is 15.2. The van der Waals surface area contributed by atoms with E-state index < -0.39 is 5.54 Å². The van der Waals surface area contributed by atoms with Crippen LogP contribution in [0.2, 0.25) is 0 Å². The van der Waals surface area contributed by atoms with E-state index in [9.17, 15) is 9.59 Å². The number of carbonyl (C=O) groups excluding carboxylic acids is 2. The summed E-state index contributed by atoms with van der Waals surface area (Å²) in [7, 11) is 1.56. The van der Waals surface area contributed by atoms with Gasteiger partial charge in [-0.05, 0) is 26.0 Å². The summed E-state index contributed by atoms with van der Waals surface area (Å²) in [6.07, 6.45) is 0. The average molecular weight is 279 g/mol. The van der Waals surface area contributed by atoms with Crippen molar-refractivity contribution in [1.29, 1.82) is 0 Å². The quantitative estimate of drug-likeness (QED) is 0.669. The van der Waals surface area contributed by atoms with Crippen LogP contribution in [-0.4, -0.2) is 37.6 Å². The Labute approximate surface area is 118 Å². The molecule has 0 saturated carbocycles. The van der Waals surface area contributed by atoms with Crippen LogP contribution >= 0.6 is 0 Å². The average Bonchev–Trinajstić information content (AvgIpc) is 2.38. The Hall–Kier alpha value is -1.92. The molecular formula is C14H21N3O3. The highest BCUT2D eigenvalue weighted by Crippen LogP contribution is 2.16. The van der Waals surface area contributed by atoms with Gasteiger partial charge < -0.3 is 21.1 Å². The van der Waals surface area contributed by atoms with E-state index in [-0.39, 0.29) is 11.8 Å². The molecular weight excluding hydrogens is 258 g/mol. The van der Waals surface area contributed by atoms with Crippen LogP contribution in [0.1, 0.15) is 24.2 Å². The van der Waals surface area contributed by atoms with E-state index in [2.05, 4.69) is 10.6 Å². The predicted molar refractivity (Wildman–Crippen MR) is 77.5 cm³/mol. The van der Waals surface area contributed by atoms with E-state index >= 15 is 0 Å². The lowest BCUT2D eigenvalue weighted by Gasteiger charge is -2.19. The maximum absolute atomic E-state index is 12.0. The Bertz CT molecular complexity index is 481. The molecule has 0 heterocycles. The second kappa shape index (κ2) is 7.02. The highest BCUT2D eigenvalue weighted by molar-refractivity contribution is 6.05. The summed E-state index contributed by atoms with van der Waals surface area (Å²) in [4.78, 5) is 23.9. The van der Waals surface area contributed by atoms with E-state index in [1.165, 1.54) is 0 Å². The van der Waals surface area contributed by atoms with Crippen LogP contribution in [-0.2, 0) is 9.53 Å². The molecule has 0 saturated heterocycles. The number of carbonyl (C=O) groups is 2. The Morgan fingerprint density at radius 2 is 1.95 bits per heavy atom. The first-order valence-electron chi connectivity index (χ1n) is 6.32. The molecule has 110 valence electrons. The van der Waals surface area contributed by atoms with Crippen LogP contribution in [0, 0.1) is 0 Å². The zero-order valence-corrected chi connectivity index (χ0v) is 12.0. The number of hydrogen-bond acceptors (Lipinski definition) is 4. The van der Waals surface area contributed by atoms with Gasteiger partial charge in [0.15, 0.2) is 0 Å². The summed E-state index contributed by atoms with van der Waals surface area (Å²) >= 11 is 0. The van der Waals surface area contributed by atoms with Crippen LogP contribution < -0.4 is 16.4 Å². The highest BCUT2D eigenvalue weighted by Gasteiger charge is 2.23. The van der Waals surface area contributed by atoms with Crippen molar-refractivity contribution >= 4 is 17.5 Å². The molecule has 0 aliphatic rings. The van der Waals surface area contributed by atoms with Crippen molar-refractivity contribution in [3.05, 3.63) is 29.8 Å². The third-order valence-electron chi connectivity index (χ3n) is 2.60. The lowest BCUT2D eigenvalue weighted by Crippen LogP contribution is -2.45. The Balaban J connectivity index is 2.83. The minimum Gasteiger partial charge on any atom is -0.383 e. The van der Waals surface area contributed by atoms with Gasteiger partial charge in [-0.2, -0.15) is 0 Å². The molecule has 0 spiro atoms. The molecule has 20 heavy (non-hydrogen) atoms. The molecule has 6 heteroatoms. The van der Waals surface area contributed by atoms with E-state index in [4.69, 9.17) is 10.5 Å². The van der Waals surface area contributed by atoms with E-state index in [0.29, 0.717) is 24.4 Å². The van der Waals surface area contributed by atoms with Crippen molar-refractivity contribution in [3.63, 3.8) is 0 Å². The molecule has 1 aromatic rings. The number of nitrogens with one attached hydrogen (secondary N) is 2. The molecule has 6 nitrogen and oxygen atoms in total. The van der Waals surface area contributed by atoms with Gasteiger partial charge in [-0.15, -0.1) is 0 Å². The van der Waals surface area contributed by atoms with Gasteiger partial charge in [0, 0.05) is 13.7 Å². The van der Waals surface area contributed by atoms with Gasteiger partial charge in [-0.1, -0.05) is 12.1 Å². The topological polar surface area (TPSA) is 93.5 Å². The fraction of sp³-hybridized carbons (Fsp3) is 0.429. The van der Waals surface area contributed by atoms with Gasteiger partial charge in [0.2, 0.25) is 5.91 Å². The lowest BCUT2D eigenvalue weighted by atomic mass is 10.1. The minimum absolute atomic E-state index is 0.271. The molecule has 4 N–H and O–H groups in total. The van der Waals surface area contributed by atoms with Crippen LogP contribution in [0.5, 0.6) is 0 Å². The number of ether oxygens (including phenoxy) is 1. The van der Waals surface area contributed by atoms with Crippen LogP contribution in [0.15, 0.2) is 24.3 Å². The summed E-state index contributed by atoms with van der Waals surface area (Å²) in [6, 6.07) is 6.77. The highest BCUT2D eigenvalue weighted by atomic mass is 16.5. The molecule has 0 bridgehead atoms. The van der Waals surface area contributed by atoms with Crippen LogP contribution in [0.3, 0.4) is 0 Å². The van der Waals surface area contributed by atoms with Crippen molar-refractivity contribution in [2.75, 3.05) is 25.6 Å². The fourth-order valence-corrected chi connectivity index (χ4v) is 1.44. The Morgan fingerprint density at radius 1 is 1.30 bits per heavy atom. The van der Waals surface area contributed by atoms with Crippen LogP contribution in [0.4, 0.5) is 5.69 Å². The predicted octanol–water partition coefficient (Wildman–Crippen LogP) is 0.739. The van der Waals surface area contributed by atoms with Gasteiger partial charge in [-0.3, -0.25) is 9.59 Å². The number of hydrogen-bond donors (Lipinski definition) is 3. The molecule has 2 amide bonds. The molecule has 0 fully saturated rings. The van der Waals surface area contributed by atoms with Gasteiger partial charge in [-0.25, -0.2) is 0 Å². The maximum Gasteiger partial charge on any atom is 0.253 e. The Kier molecular flexibility index (Phi) is 5.66. The van der Waals surface area contributed by atoms with Crippen molar-refractivity contribution < 1.29 is 14.3 Å². The normalized spacial score (nSPS) is 11.0. The zero-order valence-electron chi connectivity index (χ0n) is 12.0. The summed E-state index contributed by atoms with van der Waals surface area (Å²) in [5.74, 6) is -0.623. The Morgan fingerprint density at radius 3 is 2.55 bits per heavy atom. The molecule has 1 aromatic carbocycles. The summed E-state index contributed by atoms with van der Waals surface area (Å²) < 4.78 is 4.87. The lowest BCUT2D eigenvalue weighted by molar-refractivity contribution is -0.120. The van der Waals surface area contributed by atoms with Crippen LogP contribution in [0.25, 0.3) is 0 Å². The number of para-hydroxylation sites is 1. The second-order valence-electron chi connectivity index (χ2n) is 4.97. The van der Waals surface area contributed by atoms with Gasteiger partial charge in [0.1, 0.15) is 0 Å². The van der Waals surface area contributed by atoms with Crippen molar-refractivity contribution in [2.24, 2.45) is 5.73 Å². The van der Waals surface area contributed by atoms with Gasteiger partial charge in [0.05, 0.1) is 23.4 Å². The molecule has 0 unspecified atom stereocenters. The second-order valence-corrected chi connectivity index (χ2v) is 4.97. The summed E-state index contributed by atoms with van der Waals surface area (Å²) in [5, 5.41) is 5.37. The number of amides is 2. The monoisotopic (exact) mass is 279 g/mol. The number of nitrogens with two attached hydrogens (primary N) is 1. The SMILES string of the molecule is COCCNC(=O)c1ccccc1NC(=O)C(C)(C)N. The molecule has 0 radical (unpaired) electrons. The standard InChI is InChI=1S/C14H21N3O3/c1-14(2,15)13(19)17-11-7-5-4-6-10(11)12(18)16-8-9-20-3/h4-7H,8-9,15H2,1-3H3,(H,16,18)(H,17,19). The smallest absolute Gasteiger partial charge is 0.253 e. The molecule has 0 atom stereocenters. The third kappa shape index (κ3) is 4.64. The first-order valence-corrected chi connectivity index (χ1v) is 6.32. The summed E-state index contributed by atoms with van der Waals surface area (Å²) in [6.45, 7) is 4.03. The molecule has 0 aromatic heterocycles. The minimum atomic E-state index is -1.01. The van der Waals surface area contributed by atoms with E-state index in [1.54, 1.807) is 45.2 Å². The number of methoxy groups -OCH3 is 1. The van der Waals surface area contributed by atoms with Gasteiger partial charge >= 0.3 is 0 Å². The van der Waals surface area contributed by atoms with Crippen molar-refractivity contribution in [1.82, 2.24) is 5.32 Å². The van der Waals surface area contributed by atoms with E-state index in [1.807, 2.05) is 0 Å². The van der Waals surface area contributed by atoms with Crippen molar-refractivity contribution in [2.45, 2.75) is 19.4 Å². The number of anilines is 1. The third-order valence-corrected chi connectivity index (χ3v) is 2.60. The van der Waals surface area contributed by atoms with Crippen molar-refractivity contribution in [3.8, 4) is 0 Å². The maximum atomic E-state index is 12.0. The fourth-order valence-electron chi connectivity index (χ4n) is 1.44. The molecule has 0 aliphatic heterocycles. The molecule has 1 rings (SSSR count).